The van der Waals surface area contributed by atoms with Crippen molar-refractivity contribution in [1.82, 2.24) is 0 Å². The third kappa shape index (κ3) is 6.08. The van der Waals surface area contributed by atoms with Crippen LogP contribution in [0.3, 0.4) is 0 Å². The molecule has 0 aliphatic carbocycles. The van der Waals surface area contributed by atoms with Gasteiger partial charge in [-0.15, -0.1) is 0 Å². The monoisotopic (exact) mass is 506 g/mol. The lowest BCUT2D eigenvalue weighted by atomic mass is 10.1. The van der Waals surface area contributed by atoms with Crippen LogP contribution in [0, 0.1) is 6.92 Å². The predicted octanol–water partition coefficient (Wildman–Crippen LogP) is 5.50. The molecule has 0 saturated heterocycles. The third-order valence-electron chi connectivity index (χ3n) is 2.86. The summed E-state index contributed by atoms with van der Waals surface area (Å²) < 4.78 is 1.65. The lowest BCUT2D eigenvalue weighted by Gasteiger charge is -2.00. The van der Waals surface area contributed by atoms with E-state index >= 15 is 0 Å². The molecule has 0 amide bonds. The minimum Gasteiger partial charge on any atom is -0.478 e. The van der Waals surface area contributed by atoms with E-state index in [-0.39, 0.29) is 0 Å². The van der Waals surface area contributed by atoms with Gasteiger partial charge in [0.25, 0.3) is 0 Å². The number of carboxylic acids is 2. The highest BCUT2D eigenvalue weighted by Crippen LogP contribution is 2.20. The fraction of sp³-hybridized carbons (Fsp3) is 0.125. The van der Waals surface area contributed by atoms with Crippen LogP contribution in [0.25, 0.3) is 0 Å². The summed E-state index contributed by atoms with van der Waals surface area (Å²) in [6.45, 7) is 1.91. The number of aromatic carboxylic acids is 2. The third-order valence-corrected chi connectivity index (χ3v) is 5.06. The Morgan fingerprint density at radius 3 is 1.78 bits per heavy atom. The minimum atomic E-state index is -0.906. The Morgan fingerprint density at radius 2 is 1.39 bits per heavy atom. The minimum absolute atomic E-state index is 0.298. The van der Waals surface area contributed by atoms with Gasteiger partial charge in [-0.05, 0) is 42.3 Å². The molecule has 0 aliphatic heterocycles. The Balaban J connectivity index is 0.000000231. The van der Waals surface area contributed by atoms with E-state index in [0.29, 0.717) is 16.5 Å². The van der Waals surface area contributed by atoms with E-state index in [1.54, 1.807) is 36.4 Å². The quantitative estimate of drug-likeness (QED) is 0.537. The van der Waals surface area contributed by atoms with Crippen molar-refractivity contribution in [3.63, 3.8) is 0 Å². The van der Waals surface area contributed by atoms with Crippen LogP contribution >= 0.6 is 47.8 Å². The van der Waals surface area contributed by atoms with Crippen LogP contribution in [-0.2, 0) is 5.33 Å². The summed E-state index contributed by atoms with van der Waals surface area (Å²) in [6, 6.07) is 9.92. The molecule has 0 spiro atoms. The SMILES string of the molecule is Cc1ccc(C(=O)O)cc1Br.O=C(O)c1ccc(CBr)c(Br)c1. The molecule has 2 aromatic carbocycles. The molecule has 4 nitrogen and oxygen atoms in total. The first-order valence-electron chi connectivity index (χ1n) is 6.33. The van der Waals surface area contributed by atoms with E-state index in [9.17, 15) is 9.59 Å². The van der Waals surface area contributed by atoms with E-state index in [2.05, 4.69) is 47.8 Å². The summed E-state index contributed by atoms with van der Waals surface area (Å²) in [5.74, 6) is -1.80. The standard InChI is InChI=1S/C8H6Br2O2.C8H7BrO2/c9-4-6-2-1-5(8(11)12)3-7(6)10;1-5-2-3-6(8(10)11)4-7(5)9/h1-3H,4H2,(H,11,12);2-4H,1H3,(H,10,11). The molecular formula is C16H13Br3O4. The number of hydrogen-bond acceptors (Lipinski definition) is 2. The van der Waals surface area contributed by atoms with Gasteiger partial charge in [-0.1, -0.05) is 59.9 Å². The van der Waals surface area contributed by atoms with Gasteiger partial charge in [0.05, 0.1) is 11.1 Å². The van der Waals surface area contributed by atoms with Crippen molar-refractivity contribution in [2.75, 3.05) is 0 Å². The maximum absolute atomic E-state index is 10.5. The van der Waals surface area contributed by atoms with Gasteiger partial charge >= 0.3 is 11.9 Å². The van der Waals surface area contributed by atoms with Gasteiger partial charge < -0.3 is 10.2 Å². The number of hydrogen-bond donors (Lipinski definition) is 2. The molecule has 0 atom stereocenters. The molecule has 0 saturated carbocycles. The predicted molar refractivity (Wildman–Crippen MR) is 99.6 cm³/mol. The van der Waals surface area contributed by atoms with E-state index in [1.165, 1.54) is 0 Å². The summed E-state index contributed by atoms with van der Waals surface area (Å²) >= 11 is 9.83. The summed E-state index contributed by atoms with van der Waals surface area (Å²) in [6.07, 6.45) is 0. The molecule has 0 heterocycles. The number of alkyl halides is 1. The molecular weight excluding hydrogens is 496 g/mol. The van der Waals surface area contributed by atoms with Crippen molar-refractivity contribution >= 4 is 59.7 Å². The number of halogens is 3. The molecule has 2 aromatic rings. The van der Waals surface area contributed by atoms with Gasteiger partial charge in [0.1, 0.15) is 0 Å². The van der Waals surface area contributed by atoms with Crippen molar-refractivity contribution in [3.05, 3.63) is 67.6 Å². The molecule has 2 N–H and O–H groups in total. The van der Waals surface area contributed by atoms with Crippen LogP contribution in [0.2, 0.25) is 0 Å². The van der Waals surface area contributed by atoms with Crippen LogP contribution in [0.1, 0.15) is 31.8 Å². The maximum atomic E-state index is 10.5. The summed E-state index contributed by atoms with van der Waals surface area (Å²) in [7, 11) is 0. The summed E-state index contributed by atoms with van der Waals surface area (Å²) in [5.41, 5.74) is 2.68. The molecule has 0 aliphatic rings. The second-order valence-electron chi connectivity index (χ2n) is 4.51. The zero-order valence-electron chi connectivity index (χ0n) is 12.0. The highest BCUT2D eigenvalue weighted by atomic mass is 79.9. The smallest absolute Gasteiger partial charge is 0.335 e. The second kappa shape index (κ2) is 9.20. The average Bonchev–Trinajstić information content (AvgIpc) is 2.50. The lowest BCUT2D eigenvalue weighted by molar-refractivity contribution is 0.0686. The molecule has 0 fully saturated rings. The van der Waals surface area contributed by atoms with Gasteiger partial charge in [-0.25, -0.2) is 9.59 Å². The van der Waals surface area contributed by atoms with Crippen LogP contribution < -0.4 is 0 Å². The molecule has 7 heteroatoms. The van der Waals surface area contributed by atoms with Crippen LogP contribution in [0.4, 0.5) is 0 Å². The molecule has 0 unspecified atom stereocenters. The number of rotatable bonds is 3. The van der Waals surface area contributed by atoms with Gasteiger partial charge in [0.2, 0.25) is 0 Å². The number of benzene rings is 2. The molecule has 2 rings (SSSR count). The highest BCUT2D eigenvalue weighted by Gasteiger charge is 2.05. The zero-order chi connectivity index (χ0) is 17.6. The number of aryl methyl sites for hydroxylation is 1. The lowest BCUT2D eigenvalue weighted by Crippen LogP contribution is -1.96. The van der Waals surface area contributed by atoms with Crippen molar-refractivity contribution in [1.29, 1.82) is 0 Å². The molecule has 0 aromatic heterocycles. The molecule has 23 heavy (non-hydrogen) atoms. The van der Waals surface area contributed by atoms with E-state index in [0.717, 1.165) is 20.1 Å². The van der Waals surface area contributed by atoms with Gasteiger partial charge in [0.15, 0.2) is 0 Å². The van der Waals surface area contributed by atoms with E-state index in [1.807, 2.05) is 6.92 Å². The normalized spacial score (nSPS) is 9.74. The Bertz CT molecular complexity index is 729. The van der Waals surface area contributed by atoms with E-state index in [4.69, 9.17) is 10.2 Å². The van der Waals surface area contributed by atoms with Crippen molar-refractivity contribution in [2.24, 2.45) is 0 Å². The van der Waals surface area contributed by atoms with Crippen LogP contribution in [0.15, 0.2) is 45.3 Å². The van der Waals surface area contributed by atoms with Gasteiger partial charge in [-0.2, -0.15) is 0 Å². The van der Waals surface area contributed by atoms with Crippen molar-refractivity contribution < 1.29 is 19.8 Å². The highest BCUT2D eigenvalue weighted by molar-refractivity contribution is 9.11. The van der Waals surface area contributed by atoms with Crippen LogP contribution in [-0.4, -0.2) is 22.2 Å². The van der Waals surface area contributed by atoms with Crippen molar-refractivity contribution in [2.45, 2.75) is 12.3 Å². The van der Waals surface area contributed by atoms with E-state index < -0.39 is 11.9 Å². The maximum Gasteiger partial charge on any atom is 0.335 e. The van der Waals surface area contributed by atoms with Gasteiger partial charge in [0, 0.05) is 14.3 Å². The average molecular weight is 509 g/mol. The summed E-state index contributed by atoms with van der Waals surface area (Å²) in [5, 5.41) is 17.9. The second-order valence-corrected chi connectivity index (χ2v) is 6.78. The molecule has 0 bridgehead atoms. The molecule has 122 valence electrons. The molecule has 0 radical (unpaired) electrons. The Kier molecular flexibility index (Phi) is 7.94. The van der Waals surface area contributed by atoms with Crippen molar-refractivity contribution in [3.8, 4) is 0 Å². The fourth-order valence-corrected chi connectivity index (χ4v) is 3.28. The number of carbonyl (C=O) groups is 2. The van der Waals surface area contributed by atoms with Crippen LogP contribution in [0.5, 0.6) is 0 Å². The Morgan fingerprint density at radius 1 is 0.913 bits per heavy atom. The zero-order valence-corrected chi connectivity index (χ0v) is 16.8. The first-order valence-corrected chi connectivity index (χ1v) is 9.04. The topological polar surface area (TPSA) is 74.6 Å². The number of carboxylic acid groups (broad SMARTS) is 2. The summed E-state index contributed by atoms with van der Waals surface area (Å²) in [4.78, 5) is 21.0. The largest absolute Gasteiger partial charge is 0.478 e. The Labute approximate surface area is 158 Å². The fourth-order valence-electron chi connectivity index (χ4n) is 1.51. The first kappa shape index (κ1) is 19.9. The van der Waals surface area contributed by atoms with Gasteiger partial charge in [-0.3, -0.25) is 0 Å². The first-order chi connectivity index (χ1) is 10.8. The Hall–Kier alpha value is -1.18.